The summed E-state index contributed by atoms with van der Waals surface area (Å²) in [6, 6.07) is 9.72. The van der Waals surface area contributed by atoms with Crippen molar-refractivity contribution in [2.45, 2.75) is 39.3 Å². The van der Waals surface area contributed by atoms with E-state index in [-0.39, 0.29) is 17.2 Å². The molecule has 1 aliphatic heterocycles. The minimum atomic E-state index is -0.407. The Balaban J connectivity index is 1.70. The van der Waals surface area contributed by atoms with Gasteiger partial charge in [-0.3, -0.25) is 14.9 Å². The first kappa shape index (κ1) is 18.4. The standard InChI is InChI=1S/C21H25N5O2/c1-3-25-17-7-5-4-6-16(17)23-21(25)24-19(27)18-14(2)10-13-26(20(18)28)15-8-11-22-12-9-15/h4-7,10,13,15,22H,3,8-9,11-12H2,1-2H3,(H,23,24,27). The summed E-state index contributed by atoms with van der Waals surface area (Å²) in [6.45, 7) is 6.23. The van der Waals surface area contributed by atoms with E-state index < -0.39 is 5.91 Å². The summed E-state index contributed by atoms with van der Waals surface area (Å²) < 4.78 is 3.66. The van der Waals surface area contributed by atoms with Crippen molar-refractivity contribution in [3.63, 3.8) is 0 Å². The van der Waals surface area contributed by atoms with E-state index in [0.717, 1.165) is 37.0 Å². The molecule has 1 saturated heterocycles. The van der Waals surface area contributed by atoms with Crippen LogP contribution in [0.2, 0.25) is 0 Å². The van der Waals surface area contributed by atoms with Crippen molar-refractivity contribution in [3.8, 4) is 0 Å². The van der Waals surface area contributed by atoms with Crippen LogP contribution in [0.5, 0.6) is 0 Å². The van der Waals surface area contributed by atoms with Gasteiger partial charge in [0.1, 0.15) is 5.56 Å². The van der Waals surface area contributed by atoms with E-state index in [2.05, 4.69) is 15.6 Å². The van der Waals surface area contributed by atoms with Crippen molar-refractivity contribution < 1.29 is 4.79 Å². The number of rotatable bonds is 4. The number of para-hydroxylation sites is 2. The predicted octanol–water partition coefficient (Wildman–Crippen LogP) is 2.70. The largest absolute Gasteiger partial charge is 0.317 e. The number of fused-ring (bicyclic) bond motifs is 1. The van der Waals surface area contributed by atoms with Crippen LogP contribution in [0.4, 0.5) is 5.95 Å². The molecule has 7 nitrogen and oxygen atoms in total. The van der Waals surface area contributed by atoms with Gasteiger partial charge < -0.3 is 14.5 Å². The second-order valence-corrected chi connectivity index (χ2v) is 7.19. The molecule has 0 aliphatic carbocycles. The molecule has 1 fully saturated rings. The lowest BCUT2D eigenvalue weighted by molar-refractivity contribution is 0.102. The normalized spacial score (nSPS) is 15.1. The lowest BCUT2D eigenvalue weighted by Crippen LogP contribution is -2.37. The topological polar surface area (TPSA) is 81.0 Å². The van der Waals surface area contributed by atoms with Gasteiger partial charge in [0.05, 0.1) is 11.0 Å². The maximum Gasteiger partial charge on any atom is 0.263 e. The molecule has 7 heteroatoms. The van der Waals surface area contributed by atoms with Gasteiger partial charge in [0.15, 0.2) is 0 Å². The Morgan fingerprint density at radius 3 is 2.75 bits per heavy atom. The molecule has 3 heterocycles. The first-order valence-corrected chi connectivity index (χ1v) is 9.79. The van der Waals surface area contributed by atoms with E-state index in [1.165, 1.54) is 0 Å². The Labute approximate surface area is 163 Å². The molecule has 4 rings (SSSR count). The van der Waals surface area contributed by atoms with Crippen molar-refractivity contribution in [2.24, 2.45) is 0 Å². The Hall–Kier alpha value is -2.93. The highest BCUT2D eigenvalue weighted by molar-refractivity contribution is 6.04. The van der Waals surface area contributed by atoms with Crippen molar-refractivity contribution in [1.29, 1.82) is 0 Å². The number of aromatic nitrogens is 3. The average Bonchev–Trinajstić information content (AvgIpc) is 3.05. The highest BCUT2D eigenvalue weighted by atomic mass is 16.2. The molecule has 0 saturated carbocycles. The summed E-state index contributed by atoms with van der Waals surface area (Å²) in [5.74, 6) is 0.0561. The van der Waals surface area contributed by atoms with Gasteiger partial charge in [0.2, 0.25) is 5.95 Å². The number of carbonyl (C=O) groups is 1. The molecule has 3 aromatic rings. The molecule has 0 radical (unpaired) electrons. The van der Waals surface area contributed by atoms with Crippen molar-refractivity contribution in [2.75, 3.05) is 18.4 Å². The highest BCUT2D eigenvalue weighted by Crippen LogP contribution is 2.21. The zero-order valence-corrected chi connectivity index (χ0v) is 16.2. The molecule has 1 aliphatic rings. The van der Waals surface area contributed by atoms with Gasteiger partial charge in [-0.1, -0.05) is 12.1 Å². The van der Waals surface area contributed by atoms with E-state index >= 15 is 0 Å². The third kappa shape index (κ3) is 3.22. The molecule has 146 valence electrons. The lowest BCUT2D eigenvalue weighted by Gasteiger charge is -2.25. The molecular formula is C21H25N5O2. The summed E-state index contributed by atoms with van der Waals surface area (Å²) in [5.41, 5.74) is 2.40. The fourth-order valence-electron chi connectivity index (χ4n) is 3.94. The molecule has 0 bridgehead atoms. The molecule has 0 atom stereocenters. The van der Waals surface area contributed by atoms with Crippen molar-refractivity contribution in [1.82, 2.24) is 19.4 Å². The van der Waals surface area contributed by atoms with Crippen LogP contribution in [0.1, 0.15) is 41.7 Å². The van der Waals surface area contributed by atoms with E-state index in [4.69, 9.17) is 0 Å². The molecule has 2 aromatic heterocycles. The number of piperidine rings is 1. The number of pyridine rings is 1. The number of aryl methyl sites for hydroxylation is 2. The summed E-state index contributed by atoms with van der Waals surface area (Å²) in [7, 11) is 0. The van der Waals surface area contributed by atoms with Gasteiger partial charge in [0, 0.05) is 18.8 Å². The number of imidazole rings is 1. The lowest BCUT2D eigenvalue weighted by atomic mass is 10.0. The minimum Gasteiger partial charge on any atom is -0.317 e. The molecule has 28 heavy (non-hydrogen) atoms. The van der Waals surface area contributed by atoms with E-state index in [0.29, 0.717) is 18.1 Å². The molecule has 2 N–H and O–H groups in total. The second-order valence-electron chi connectivity index (χ2n) is 7.19. The summed E-state index contributed by atoms with van der Waals surface area (Å²) in [5, 5.41) is 6.17. The van der Waals surface area contributed by atoms with Gasteiger partial charge in [0.25, 0.3) is 11.5 Å². The van der Waals surface area contributed by atoms with Crippen LogP contribution < -0.4 is 16.2 Å². The number of nitrogens with zero attached hydrogens (tertiary/aromatic N) is 3. The summed E-state index contributed by atoms with van der Waals surface area (Å²) in [4.78, 5) is 30.7. The number of amides is 1. The quantitative estimate of drug-likeness (QED) is 0.730. The Morgan fingerprint density at radius 1 is 1.25 bits per heavy atom. The van der Waals surface area contributed by atoms with Crippen LogP contribution >= 0.6 is 0 Å². The molecule has 1 aromatic carbocycles. The first-order chi connectivity index (χ1) is 13.6. The minimum absolute atomic E-state index is 0.126. The Kier molecular flexibility index (Phi) is 5.00. The molecular weight excluding hydrogens is 354 g/mol. The fourth-order valence-corrected chi connectivity index (χ4v) is 3.94. The first-order valence-electron chi connectivity index (χ1n) is 9.79. The Morgan fingerprint density at radius 2 is 2.00 bits per heavy atom. The van der Waals surface area contributed by atoms with E-state index in [9.17, 15) is 9.59 Å². The van der Waals surface area contributed by atoms with Gasteiger partial charge in [-0.05, 0) is 63.5 Å². The zero-order chi connectivity index (χ0) is 19.7. The summed E-state index contributed by atoms with van der Waals surface area (Å²) in [6.07, 6.45) is 3.58. The summed E-state index contributed by atoms with van der Waals surface area (Å²) >= 11 is 0. The monoisotopic (exact) mass is 379 g/mol. The smallest absolute Gasteiger partial charge is 0.263 e. The van der Waals surface area contributed by atoms with Crippen molar-refractivity contribution >= 4 is 22.9 Å². The number of anilines is 1. The number of nitrogens with one attached hydrogen (secondary N) is 2. The van der Waals surface area contributed by atoms with Gasteiger partial charge >= 0.3 is 0 Å². The SMILES string of the molecule is CCn1c(NC(=O)c2c(C)ccn(C3CCNCC3)c2=O)nc2ccccc21. The predicted molar refractivity (Wildman–Crippen MR) is 110 cm³/mol. The van der Waals surface area contributed by atoms with Crippen LogP contribution in [0.25, 0.3) is 11.0 Å². The fraction of sp³-hybridized carbons (Fsp3) is 0.381. The number of benzene rings is 1. The average molecular weight is 379 g/mol. The number of carbonyl (C=O) groups excluding carboxylic acids is 1. The Bertz CT molecular complexity index is 1080. The maximum atomic E-state index is 13.1. The highest BCUT2D eigenvalue weighted by Gasteiger charge is 2.22. The van der Waals surface area contributed by atoms with Crippen LogP contribution in [0.15, 0.2) is 41.3 Å². The third-order valence-corrected chi connectivity index (χ3v) is 5.45. The molecule has 0 unspecified atom stereocenters. The maximum absolute atomic E-state index is 13.1. The van der Waals surface area contributed by atoms with Crippen LogP contribution in [-0.4, -0.2) is 33.1 Å². The van der Waals surface area contributed by atoms with Crippen molar-refractivity contribution in [3.05, 3.63) is 58.0 Å². The molecule has 1 amide bonds. The van der Waals surface area contributed by atoms with Crippen LogP contribution in [0, 0.1) is 6.92 Å². The van der Waals surface area contributed by atoms with E-state index in [1.54, 1.807) is 11.5 Å². The third-order valence-electron chi connectivity index (χ3n) is 5.45. The van der Waals surface area contributed by atoms with Crippen LogP contribution in [-0.2, 0) is 6.54 Å². The van der Waals surface area contributed by atoms with E-state index in [1.807, 2.05) is 48.0 Å². The zero-order valence-electron chi connectivity index (χ0n) is 16.2. The molecule has 0 spiro atoms. The number of hydrogen-bond acceptors (Lipinski definition) is 4. The number of hydrogen-bond donors (Lipinski definition) is 2. The second kappa shape index (κ2) is 7.59. The van der Waals surface area contributed by atoms with Crippen LogP contribution in [0.3, 0.4) is 0 Å². The van der Waals surface area contributed by atoms with Gasteiger partial charge in [-0.2, -0.15) is 0 Å². The van der Waals surface area contributed by atoms with Gasteiger partial charge in [-0.15, -0.1) is 0 Å². The van der Waals surface area contributed by atoms with Gasteiger partial charge in [-0.25, -0.2) is 4.98 Å².